The fraction of sp³-hybridized carbons (Fsp3) is 0.600. The lowest BCUT2D eigenvalue weighted by Crippen LogP contribution is -2.39. The zero-order valence-corrected chi connectivity index (χ0v) is 11.5. The highest BCUT2D eigenvalue weighted by atomic mass is 31.1. The Balaban J connectivity index is 2.83. The maximum atomic E-state index is 12.5. The number of aromatic amines is 1. The summed E-state index contributed by atoms with van der Waals surface area (Å²) in [6, 6.07) is 1.12. The number of H-pyrrole nitrogens is 1. The summed E-state index contributed by atoms with van der Waals surface area (Å²) in [5, 5.41) is 9.42. The first-order valence-electron chi connectivity index (χ1n) is 5.65. The number of ether oxygens (including phenoxy) is 1. The summed E-state index contributed by atoms with van der Waals surface area (Å²) in [4.78, 5) is 24.5. The van der Waals surface area contributed by atoms with E-state index < -0.39 is 45.0 Å². The summed E-state index contributed by atoms with van der Waals surface area (Å²) >= 11 is 0. The SMILES string of the molecule is C[C@@H](O[C@H](COP=O)[C@@H](O)CF)n1ccc(=O)[nH]c1=O. The summed E-state index contributed by atoms with van der Waals surface area (Å²) in [6.07, 6.45) is -2.29. The molecule has 8 nitrogen and oxygen atoms in total. The van der Waals surface area contributed by atoms with Crippen molar-refractivity contribution in [3.63, 3.8) is 0 Å². The minimum absolute atomic E-state index is 0.321. The first-order chi connectivity index (χ1) is 9.49. The van der Waals surface area contributed by atoms with Gasteiger partial charge < -0.3 is 9.84 Å². The third-order valence-corrected chi connectivity index (χ3v) is 2.75. The lowest BCUT2D eigenvalue weighted by molar-refractivity contribution is -0.117. The summed E-state index contributed by atoms with van der Waals surface area (Å²) in [6.45, 7) is 0.0577. The summed E-state index contributed by atoms with van der Waals surface area (Å²) < 4.78 is 33.6. The maximum absolute atomic E-state index is 12.5. The van der Waals surface area contributed by atoms with E-state index in [0.717, 1.165) is 10.6 Å². The quantitative estimate of drug-likeness (QED) is 0.654. The van der Waals surface area contributed by atoms with Gasteiger partial charge in [0.1, 0.15) is 25.1 Å². The topological polar surface area (TPSA) is 111 Å². The van der Waals surface area contributed by atoms with Crippen molar-refractivity contribution < 1.29 is 23.3 Å². The molecule has 1 aromatic rings. The van der Waals surface area contributed by atoms with Gasteiger partial charge in [0.2, 0.25) is 0 Å². The Kier molecular flexibility index (Phi) is 6.66. The van der Waals surface area contributed by atoms with Crippen molar-refractivity contribution in [3.8, 4) is 0 Å². The van der Waals surface area contributed by atoms with Crippen molar-refractivity contribution in [2.75, 3.05) is 13.3 Å². The number of alkyl halides is 1. The molecule has 0 amide bonds. The van der Waals surface area contributed by atoms with Gasteiger partial charge in [-0.1, -0.05) is 0 Å². The molecule has 0 bridgehead atoms. The third kappa shape index (κ3) is 4.61. The first-order valence-corrected chi connectivity index (χ1v) is 6.38. The van der Waals surface area contributed by atoms with Crippen LogP contribution >= 0.6 is 8.69 Å². The Labute approximate surface area is 114 Å². The normalized spacial score (nSPS) is 15.9. The molecule has 0 unspecified atom stereocenters. The Morgan fingerprint density at radius 2 is 2.25 bits per heavy atom. The van der Waals surface area contributed by atoms with Gasteiger partial charge in [0.25, 0.3) is 5.56 Å². The minimum atomic E-state index is -1.49. The van der Waals surface area contributed by atoms with Crippen LogP contribution in [0.5, 0.6) is 0 Å². The van der Waals surface area contributed by atoms with Crippen LogP contribution in [0.3, 0.4) is 0 Å². The standard InChI is InChI=1S/C10H14FN2O6P/c1-6(13-3-2-9(15)12-10(13)16)19-8(5-18-20-17)7(14)4-11/h2-3,6-8,14H,4-5H2,1H3,(H,12,15,16)/t6-,7+,8-/m1/s1. The summed E-state index contributed by atoms with van der Waals surface area (Å²) in [5.74, 6) is 0. The van der Waals surface area contributed by atoms with Crippen LogP contribution < -0.4 is 11.2 Å². The molecular weight excluding hydrogens is 294 g/mol. The van der Waals surface area contributed by atoms with E-state index in [1.54, 1.807) is 0 Å². The fourth-order valence-corrected chi connectivity index (χ4v) is 1.68. The van der Waals surface area contributed by atoms with Crippen LogP contribution in [-0.2, 0) is 13.8 Å². The van der Waals surface area contributed by atoms with Gasteiger partial charge in [-0.2, -0.15) is 0 Å². The number of hydrogen-bond acceptors (Lipinski definition) is 6. The van der Waals surface area contributed by atoms with Crippen LogP contribution in [0.25, 0.3) is 0 Å². The molecule has 20 heavy (non-hydrogen) atoms. The molecule has 0 aliphatic carbocycles. The molecule has 1 heterocycles. The van der Waals surface area contributed by atoms with Crippen LogP contribution in [0.1, 0.15) is 13.2 Å². The van der Waals surface area contributed by atoms with E-state index in [0.29, 0.717) is 0 Å². The van der Waals surface area contributed by atoms with Crippen molar-refractivity contribution >= 4 is 8.69 Å². The average Bonchev–Trinajstić information content (AvgIpc) is 2.42. The Hall–Kier alpha value is -1.41. The van der Waals surface area contributed by atoms with Crippen LogP contribution in [0.4, 0.5) is 4.39 Å². The number of nitrogens with one attached hydrogen (secondary N) is 1. The number of aliphatic hydroxyl groups excluding tert-OH is 1. The molecule has 0 aromatic carbocycles. The van der Waals surface area contributed by atoms with E-state index in [1.807, 2.05) is 4.98 Å². The van der Waals surface area contributed by atoms with Gasteiger partial charge in [-0.3, -0.25) is 18.9 Å². The zero-order valence-electron chi connectivity index (χ0n) is 10.6. The molecule has 3 atom stereocenters. The average molecular weight is 308 g/mol. The second kappa shape index (κ2) is 8.01. The van der Waals surface area contributed by atoms with E-state index in [4.69, 9.17) is 4.74 Å². The molecule has 0 aliphatic rings. The highest BCUT2D eigenvalue weighted by Gasteiger charge is 2.24. The number of hydrogen-bond donors (Lipinski definition) is 2. The molecule has 0 saturated carbocycles. The van der Waals surface area contributed by atoms with E-state index in [-0.39, 0.29) is 6.61 Å². The number of aromatic nitrogens is 2. The van der Waals surface area contributed by atoms with Crippen molar-refractivity contribution in [1.82, 2.24) is 9.55 Å². The second-order valence-corrected chi connectivity index (χ2v) is 4.29. The van der Waals surface area contributed by atoms with Gasteiger partial charge in [0, 0.05) is 12.3 Å². The van der Waals surface area contributed by atoms with E-state index >= 15 is 0 Å². The Bertz CT molecular complexity index is 547. The van der Waals surface area contributed by atoms with Crippen LogP contribution in [-0.4, -0.2) is 40.1 Å². The molecule has 0 spiro atoms. The molecule has 10 heteroatoms. The van der Waals surface area contributed by atoms with Crippen molar-refractivity contribution in [3.05, 3.63) is 33.1 Å². The van der Waals surface area contributed by atoms with E-state index in [2.05, 4.69) is 4.52 Å². The number of halogens is 1. The largest absolute Gasteiger partial charge is 0.388 e. The lowest BCUT2D eigenvalue weighted by Gasteiger charge is -2.25. The van der Waals surface area contributed by atoms with Crippen LogP contribution in [0.2, 0.25) is 0 Å². The smallest absolute Gasteiger partial charge is 0.330 e. The van der Waals surface area contributed by atoms with Gasteiger partial charge in [-0.05, 0) is 6.92 Å². The van der Waals surface area contributed by atoms with Gasteiger partial charge >= 0.3 is 14.4 Å². The molecule has 0 saturated heterocycles. The molecular formula is C10H14FN2O6P. The maximum Gasteiger partial charge on any atom is 0.330 e. The van der Waals surface area contributed by atoms with Crippen molar-refractivity contribution in [1.29, 1.82) is 0 Å². The van der Waals surface area contributed by atoms with Crippen molar-refractivity contribution in [2.45, 2.75) is 25.4 Å². The molecule has 1 rings (SSSR count). The van der Waals surface area contributed by atoms with Gasteiger partial charge in [-0.25, -0.2) is 13.8 Å². The predicted octanol–water partition coefficient (Wildman–Crippen LogP) is -0.00600. The molecule has 2 N–H and O–H groups in total. The van der Waals surface area contributed by atoms with Gasteiger partial charge in [0.15, 0.2) is 0 Å². The molecule has 0 fully saturated rings. The lowest BCUT2D eigenvalue weighted by atomic mass is 10.2. The van der Waals surface area contributed by atoms with Gasteiger partial charge in [0.05, 0.1) is 6.61 Å². The highest BCUT2D eigenvalue weighted by Crippen LogP contribution is 2.13. The summed E-state index contributed by atoms with van der Waals surface area (Å²) in [7, 11) is -0.635. The van der Waals surface area contributed by atoms with Crippen LogP contribution in [0, 0.1) is 0 Å². The number of rotatable bonds is 8. The molecule has 0 radical (unpaired) electrons. The van der Waals surface area contributed by atoms with Crippen LogP contribution in [0.15, 0.2) is 21.9 Å². The van der Waals surface area contributed by atoms with Crippen molar-refractivity contribution in [2.24, 2.45) is 0 Å². The molecule has 112 valence electrons. The van der Waals surface area contributed by atoms with Gasteiger partial charge in [-0.15, -0.1) is 0 Å². The minimum Gasteiger partial charge on any atom is -0.388 e. The predicted molar refractivity (Wildman–Crippen MR) is 66.4 cm³/mol. The zero-order chi connectivity index (χ0) is 15.1. The van der Waals surface area contributed by atoms with E-state index in [1.165, 1.54) is 13.1 Å². The Morgan fingerprint density at radius 3 is 2.80 bits per heavy atom. The van der Waals surface area contributed by atoms with E-state index in [9.17, 15) is 23.7 Å². The molecule has 1 aromatic heterocycles. The Morgan fingerprint density at radius 1 is 1.55 bits per heavy atom. The fourth-order valence-electron chi connectivity index (χ4n) is 1.48. The summed E-state index contributed by atoms with van der Waals surface area (Å²) in [5.41, 5.74) is -1.27. The third-order valence-electron chi connectivity index (χ3n) is 2.49. The monoisotopic (exact) mass is 308 g/mol. The highest BCUT2D eigenvalue weighted by molar-refractivity contribution is 7.17. The molecule has 0 aliphatic heterocycles. The number of nitrogens with zero attached hydrogens (tertiary/aromatic N) is 1. The first kappa shape index (κ1) is 16.6. The number of aliphatic hydroxyl groups is 1. The second-order valence-electron chi connectivity index (χ2n) is 3.88.